The van der Waals surface area contributed by atoms with Crippen LogP contribution >= 0.6 is 27.7 Å². The van der Waals surface area contributed by atoms with Crippen LogP contribution < -0.4 is 4.74 Å². The van der Waals surface area contributed by atoms with Crippen LogP contribution in [0, 0.1) is 0 Å². The largest absolute Gasteiger partial charge is 0.496 e. The van der Waals surface area contributed by atoms with Crippen molar-refractivity contribution in [3.8, 4) is 5.75 Å². The zero-order chi connectivity index (χ0) is 17.6. The fraction of sp³-hybridized carbons (Fsp3) is 0.316. The first kappa shape index (κ1) is 18.3. The number of halogens is 1. The van der Waals surface area contributed by atoms with Gasteiger partial charge in [0.15, 0.2) is 0 Å². The number of benzene rings is 2. The van der Waals surface area contributed by atoms with E-state index in [-0.39, 0.29) is 17.9 Å². The highest BCUT2D eigenvalue weighted by Crippen LogP contribution is 2.40. The molecule has 0 radical (unpaired) electrons. The Hall–Kier alpha value is -1.50. The number of thioether (sulfide) groups is 1. The lowest BCUT2D eigenvalue weighted by atomic mass is 10.2. The first-order valence-corrected chi connectivity index (χ1v) is 9.89. The third-order valence-corrected chi connectivity index (χ3v) is 5.89. The number of hydrogen-bond acceptors (Lipinski definition) is 4. The molecule has 0 saturated carbocycles. The highest BCUT2D eigenvalue weighted by atomic mass is 79.9. The van der Waals surface area contributed by atoms with Gasteiger partial charge in [-0.05, 0) is 39.2 Å². The topological polar surface area (TPSA) is 38.8 Å². The van der Waals surface area contributed by atoms with E-state index in [2.05, 4.69) is 15.9 Å². The molecule has 2 aromatic rings. The van der Waals surface area contributed by atoms with Gasteiger partial charge in [-0.2, -0.15) is 0 Å². The maximum absolute atomic E-state index is 12.6. The standard InChI is InChI=1S/C19H20BrNO3S/c1-23-17-8-7-15(11-16(17)20)19-21(9-10-25-19)18(22)13-24-12-14-5-3-2-4-6-14/h2-8,11,19H,9-10,12-13H2,1H3. The number of methoxy groups -OCH3 is 1. The van der Waals surface area contributed by atoms with E-state index in [1.807, 2.05) is 53.4 Å². The van der Waals surface area contributed by atoms with Crippen molar-refractivity contribution in [3.63, 3.8) is 0 Å². The van der Waals surface area contributed by atoms with Crippen LogP contribution in [0.3, 0.4) is 0 Å². The van der Waals surface area contributed by atoms with Crippen molar-refractivity contribution in [1.82, 2.24) is 4.90 Å². The zero-order valence-corrected chi connectivity index (χ0v) is 16.4. The second-order valence-electron chi connectivity index (χ2n) is 5.68. The minimum Gasteiger partial charge on any atom is -0.496 e. The van der Waals surface area contributed by atoms with Gasteiger partial charge in [0.05, 0.1) is 18.2 Å². The van der Waals surface area contributed by atoms with E-state index in [0.29, 0.717) is 6.61 Å². The van der Waals surface area contributed by atoms with Gasteiger partial charge in [-0.3, -0.25) is 4.79 Å². The van der Waals surface area contributed by atoms with Gasteiger partial charge in [0.25, 0.3) is 0 Å². The van der Waals surface area contributed by atoms with E-state index in [1.54, 1.807) is 18.9 Å². The van der Waals surface area contributed by atoms with Crippen molar-refractivity contribution in [2.45, 2.75) is 12.0 Å². The molecular formula is C19H20BrNO3S. The van der Waals surface area contributed by atoms with E-state index in [0.717, 1.165) is 33.6 Å². The molecule has 1 heterocycles. The lowest BCUT2D eigenvalue weighted by Crippen LogP contribution is -2.33. The maximum atomic E-state index is 12.6. The molecule has 1 aliphatic rings. The molecular weight excluding hydrogens is 402 g/mol. The summed E-state index contributed by atoms with van der Waals surface area (Å²) in [6, 6.07) is 15.8. The van der Waals surface area contributed by atoms with Gasteiger partial charge in [0.2, 0.25) is 5.91 Å². The van der Waals surface area contributed by atoms with E-state index in [9.17, 15) is 4.79 Å². The minimum atomic E-state index is 0.0232. The summed E-state index contributed by atoms with van der Waals surface area (Å²) in [6.07, 6.45) is 0. The van der Waals surface area contributed by atoms with Crippen LogP contribution in [-0.4, -0.2) is 36.8 Å². The van der Waals surface area contributed by atoms with Crippen LogP contribution in [-0.2, 0) is 16.1 Å². The molecule has 6 heteroatoms. The normalized spacial score (nSPS) is 16.9. The van der Waals surface area contributed by atoms with E-state index in [1.165, 1.54) is 0 Å². The van der Waals surface area contributed by atoms with Crippen molar-refractivity contribution in [2.75, 3.05) is 26.0 Å². The average Bonchev–Trinajstić information content (AvgIpc) is 3.12. The summed E-state index contributed by atoms with van der Waals surface area (Å²) in [4.78, 5) is 14.5. The first-order chi connectivity index (χ1) is 12.2. The summed E-state index contributed by atoms with van der Waals surface area (Å²) in [5, 5.41) is 0.0232. The Morgan fingerprint density at radius 1 is 1.28 bits per heavy atom. The smallest absolute Gasteiger partial charge is 0.249 e. The number of rotatable bonds is 6. The molecule has 0 aromatic heterocycles. The molecule has 1 amide bonds. The molecule has 1 aliphatic heterocycles. The third-order valence-electron chi connectivity index (χ3n) is 4.01. The highest BCUT2D eigenvalue weighted by Gasteiger charge is 2.30. The van der Waals surface area contributed by atoms with Crippen LogP contribution in [0.25, 0.3) is 0 Å². The SMILES string of the molecule is COc1ccc(C2SCCN2C(=O)COCc2ccccc2)cc1Br. The summed E-state index contributed by atoms with van der Waals surface area (Å²) in [5.74, 6) is 1.74. The monoisotopic (exact) mass is 421 g/mol. The summed E-state index contributed by atoms with van der Waals surface area (Å²) in [6.45, 7) is 1.29. The Labute approximate surface area is 160 Å². The highest BCUT2D eigenvalue weighted by molar-refractivity contribution is 9.10. The second-order valence-corrected chi connectivity index (χ2v) is 7.73. The fourth-order valence-electron chi connectivity index (χ4n) is 2.75. The minimum absolute atomic E-state index is 0.0232. The molecule has 132 valence electrons. The number of amides is 1. The summed E-state index contributed by atoms with van der Waals surface area (Å²) < 4.78 is 11.8. The first-order valence-electron chi connectivity index (χ1n) is 8.05. The van der Waals surface area contributed by atoms with Crippen LogP contribution in [0.5, 0.6) is 5.75 Å². The van der Waals surface area contributed by atoms with Gasteiger partial charge in [0, 0.05) is 12.3 Å². The van der Waals surface area contributed by atoms with Gasteiger partial charge in [-0.15, -0.1) is 11.8 Å². The zero-order valence-electron chi connectivity index (χ0n) is 14.0. The van der Waals surface area contributed by atoms with Crippen molar-refractivity contribution >= 4 is 33.6 Å². The molecule has 0 bridgehead atoms. The second kappa shape index (κ2) is 8.74. The number of nitrogens with zero attached hydrogens (tertiary/aromatic N) is 1. The number of ether oxygens (including phenoxy) is 2. The Balaban J connectivity index is 1.60. The van der Waals surface area contributed by atoms with Gasteiger partial charge in [-0.1, -0.05) is 36.4 Å². The van der Waals surface area contributed by atoms with Crippen LogP contribution in [0.15, 0.2) is 53.0 Å². The van der Waals surface area contributed by atoms with Crippen molar-refractivity contribution in [2.24, 2.45) is 0 Å². The summed E-state index contributed by atoms with van der Waals surface area (Å²) >= 11 is 5.29. The predicted octanol–water partition coefficient (Wildman–Crippen LogP) is 4.25. The van der Waals surface area contributed by atoms with E-state index < -0.39 is 0 Å². The molecule has 2 aromatic carbocycles. The molecule has 1 fully saturated rings. The molecule has 4 nitrogen and oxygen atoms in total. The van der Waals surface area contributed by atoms with Gasteiger partial charge in [-0.25, -0.2) is 0 Å². The van der Waals surface area contributed by atoms with Gasteiger partial charge in [0.1, 0.15) is 17.7 Å². The van der Waals surface area contributed by atoms with Gasteiger partial charge < -0.3 is 14.4 Å². The quantitative estimate of drug-likeness (QED) is 0.698. The maximum Gasteiger partial charge on any atom is 0.249 e. The van der Waals surface area contributed by atoms with Crippen molar-refractivity contribution in [3.05, 3.63) is 64.1 Å². The molecule has 3 rings (SSSR count). The van der Waals surface area contributed by atoms with Crippen LogP contribution in [0.2, 0.25) is 0 Å². The summed E-state index contributed by atoms with van der Waals surface area (Å²) in [7, 11) is 1.64. The van der Waals surface area contributed by atoms with Crippen molar-refractivity contribution < 1.29 is 14.3 Å². The Bertz CT molecular complexity index is 726. The molecule has 25 heavy (non-hydrogen) atoms. The van der Waals surface area contributed by atoms with Crippen molar-refractivity contribution in [1.29, 1.82) is 0 Å². The molecule has 1 atom stereocenters. The van der Waals surface area contributed by atoms with E-state index >= 15 is 0 Å². The lowest BCUT2D eigenvalue weighted by Gasteiger charge is -2.24. The average molecular weight is 422 g/mol. The molecule has 0 aliphatic carbocycles. The third kappa shape index (κ3) is 4.57. The fourth-order valence-corrected chi connectivity index (χ4v) is 4.58. The predicted molar refractivity (Wildman–Crippen MR) is 104 cm³/mol. The number of carbonyl (C=O) groups is 1. The molecule has 0 spiro atoms. The van der Waals surface area contributed by atoms with Crippen LogP contribution in [0.1, 0.15) is 16.5 Å². The van der Waals surface area contributed by atoms with Crippen LogP contribution in [0.4, 0.5) is 0 Å². The Morgan fingerprint density at radius 2 is 2.08 bits per heavy atom. The Kier molecular flexibility index (Phi) is 6.39. The Morgan fingerprint density at radius 3 is 2.80 bits per heavy atom. The molecule has 1 unspecified atom stereocenters. The summed E-state index contributed by atoms with van der Waals surface area (Å²) in [5.41, 5.74) is 2.16. The number of hydrogen-bond donors (Lipinski definition) is 0. The molecule has 1 saturated heterocycles. The van der Waals surface area contributed by atoms with Gasteiger partial charge >= 0.3 is 0 Å². The lowest BCUT2D eigenvalue weighted by molar-refractivity contribution is -0.136. The molecule has 0 N–H and O–H groups in total. The number of carbonyl (C=O) groups excluding carboxylic acids is 1. The van der Waals surface area contributed by atoms with E-state index in [4.69, 9.17) is 9.47 Å².